The fourth-order valence-electron chi connectivity index (χ4n) is 2.04. The van der Waals surface area contributed by atoms with Crippen LogP contribution in [0.25, 0.3) is 11.1 Å². The molecule has 0 saturated heterocycles. The molecule has 4 nitrogen and oxygen atoms in total. The van der Waals surface area contributed by atoms with E-state index in [0.717, 1.165) is 0 Å². The number of carbonyl (C=O) groups is 1. The van der Waals surface area contributed by atoms with Gasteiger partial charge >= 0.3 is 5.97 Å². The maximum Gasteiger partial charge on any atom is 0.303 e. The zero-order chi connectivity index (χ0) is 16.1. The van der Waals surface area contributed by atoms with Crippen LogP contribution in [0.2, 0.25) is 0 Å². The van der Waals surface area contributed by atoms with Gasteiger partial charge in [-0.3, -0.25) is 9.78 Å². The van der Waals surface area contributed by atoms with Gasteiger partial charge < -0.3 is 9.84 Å². The molecule has 0 aliphatic rings. The van der Waals surface area contributed by atoms with E-state index in [9.17, 15) is 13.6 Å². The van der Waals surface area contributed by atoms with E-state index < -0.39 is 23.4 Å². The summed E-state index contributed by atoms with van der Waals surface area (Å²) in [5, 5.41) is 8.50. The van der Waals surface area contributed by atoms with Crippen LogP contribution in [0, 0.1) is 18.6 Å². The Hall–Kier alpha value is -2.50. The Morgan fingerprint density at radius 1 is 1.32 bits per heavy atom. The summed E-state index contributed by atoms with van der Waals surface area (Å²) in [6, 6.07) is 5.78. The molecule has 0 spiro atoms. The van der Waals surface area contributed by atoms with Gasteiger partial charge in [0.25, 0.3) is 0 Å². The second-order valence-corrected chi connectivity index (χ2v) is 4.75. The van der Waals surface area contributed by atoms with Crippen molar-refractivity contribution in [3.8, 4) is 16.9 Å². The average Bonchev–Trinajstić information content (AvgIpc) is 2.45. The lowest BCUT2D eigenvalue weighted by Crippen LogP contribution is -2.05. The molecule has 0 bridgehead atoms. The van der Waals surface area contributed by atoms with Crippen molar-refractivity contribution in [3.63, 3.8) is 0 Å². The summed E-state index contributed by atoms with van der Waals surface area (Å²) < 4.78 is 33.0. The van der Waals surface area contributed by atoms with Crippen LogP contribution in [0.3, 0.4) is 0 Å². The number of carboxylic acid groups (broad SMARTS) is 1. The number of pyridine rings is 1. The maximum absolute atomic E-state index is 14.0. The zero-order valence-corrected chi connectivity index (χ0v) is 12.0. The summed E-state index contributed by atoms with van der Waals surface area (Å²) in [6.45, 7) is 1.69. The molecule has 0 fully saturated rings. The van der Waals surface area contributed by atoms with Gasteiger partial charge in [-0.2, -0.15) is 0 Å². The standard InChI is InChI=1S/C16H15F2NO3/c1-10-12(4-2-6-19-10)11-8-13(17)16(14(18)9-11)22-7-3-5-15(20)21/h2,4,6,8-9H,3,5,7H2,1H3,(H,20,21). The zero-order valence-electron chi connectivity index (χ0n) is 12.0. The van der Waals surface area contributed by atoms with E-state index in [1.165, 1.54) is 12.1 Å². The smallest absolute Gasteiger partial charge is 0.303 e. The maximum atomic E-state index is 14.0. The number of aryl methyl sites for hydroxylation is 1. The molecular formula is C16H15F2NO3. The molecule has 2 rings (SSSR count). The summed E-state index contributed by atoms with van der Waals surface area (Å²) in [6.07, 6.45) is 1.67. The summed E-state index contributed by atoms with van der Waals surface area (Å²) in [5.74, 6) is -3.12. The number of ether oxygens (including phenoxy) is 1. The normalized spacial score (nSPS) is 10.5. The van der Waals surface area contributed by atoms with E-state index >= 15 is 0 Å². The van der Waals surface area contributed by atoms with Crippen LogP contribution in [-0.4, -0.2) is 22.7 Å². The summed E-state index contributed by atoms with van der Waals surface area (Å²) in [7, 11) is 0. The van der Waals surface area contributed by atoms with Crippen molar-refractivity contribution >= 4 is 5.97 Å². The molecule has 2 aromatic rings. The summed E-state index contributed by atoms with van der Waals surface area (Å²) in [5.41, 5.74) is 1.67. The lowest BCUT2D eigenvalue weighted by Gasteiger charge is -2.11. The number of rotatable bonds is 6. The largest absolute Gasteiger partial charge is 0.488 e. The minimum atomic E-state index is -0.980. The highest BCUT2D eigenvalue weighted by molar-refractivity contribution is 5.67. The molecule has 1 heterocycles. The van der Waals surface area contributed by atoms with E-state index in [1.807, 2.05) is 0 Å². The number of aliphatic carboxylic acids is 1. The number of hydrogen-bond donors (Lipinski definition) is 1. The van der Waals surface area contributed by atoms with Crippen molar-refractivity contribution in [2.75, 3.05) is 6.61 Å². The highest BCUT2D eigenvalue weighted by Crippen LogP contribution is 2.30. The number of carboxylic acids is 1. The van der Waals surface area contributed by atoms with E-state index in [0.29, 0.717) is 16.8 Å². The van der Waals surface area contributed by atoms with Crippen molar-refractivity contribution in [2.24, 2.45) is 0 Å². The predicted molar refractivity (Wildman–Crippen MR) is 76.7 cm³/mol. The Kier molecular flexibility index (Phi) is 5.04. The van der Waals surface area contributed by atoms with Crippen molar-refractivity contribution in [1.82, 2.24) is 4.98 Å². The molecule has 0 unspecified atom stereocenters. The van der Waals surface area contributed by atoms with E-state index in [-0.39, 0.29) is 19.4 Å². The van der Waals surface area contributed by atoms with Crippen LogP contribution >= 0.6 is 0 Å². The van der Waals surface area contributed by atoms with Gasteiger partial charge in [-0.1, -0.05) is 6.07 Å². The number of nitrogens with zero attached hydrogens (tertiary/aromatic N) is 1. The molecule has 0 amide bonds. The van der Waals surface area contributed by atoms with Crippen LogP contribution in [0.5, 0.6) is 5.75 Å². The Morgan fingerprint density at radius 2 is 2.00 bits per heavy atom. The number of hydrogen-bond acceptors (Lipinski definition) is 3. The monoisotopic (exact) mass is 307 g/mol. The van der Waals surface area contributed by atoms with Gasteiger partial charge in [0.05, 0.1) is 6.61 Å². The lowest BCUT2D eigenvalue weighted by molar-refractivity contribution is -0.137. The van der Waals surface area contributed by atoms with Crippen molar-refractivity contribution in [3.05, 3.63) is 47.8 Å². The van der Waals surface area contributed by atoms with Crippen LogP contribution in [0.1, 0.15) is 18.5 Å². The molecule has 0 aliphatic heterocycles. The van der Waals surface area contributed by atoms with Gasteiger partial charge in [-0.25, -0.2) is 8.78 Å². The van der Waals surface area contributed by atoms with Gasteiger partial charge in [-0.15, -0.1) is 0 Å². The Balaban J connectivity index is 2.18. The van der Waals surface area contributed by atoms with Crippen LogP contribution in [-0.2, 0) is 4.79 Å². The van der Waals surface area contributed by atoms with E-state index in [1.54, 1.807) is 25.3 Å². The van der Waals surface area contributed by atoms with Gasteiger partial charge in [0.15, 0.2) is 17.4 Å². The molecule has 0 aliphatic carbocycles. The first-order valence-corrected chi connectivity index (χ1v) is 6.74. The Bertz CT molecular complexity index is 666. The number of halogens is 2. The quantitative estimate of drug-likeness (QED) is 0.829. The SMILES string of the molecule is Cc1ncccc1-c1cc(F)c(OCCCC(=O)O)c(F)c1. The van der Waals surface area contributed by atoms with Crippen molar-refractivity contribution < 1.29 is 23.4 Å². The molecule has 1 aromatic heterocycles. The predicted octanol–water partition coefficient (Wildman–Crippen LogP) is 3.58. The second kappa shape index (κ2) is 6.98. The van der Waals surface area contributed by atoms with Crippen LogP contribution < -0.4 is 4.74 Å². The minimum absolute atomic E-state index is 0.0641. The Labute approximate surface area is 126 Å². The highest BCUT2D eigenvalue weighted by Gasteiger charge is 2.15. The van der Waals surface area contributed by atoms with Gasteiger partial charge in [-0.05, 0) is 37.1 Å². The van der Waals surface area contributed by atoms with Crippen molar-refractivity contribution in [1.29, 1.82) is 0 Å². The molecular weight excluding hydrogens is 292 g/mol. The topological polar surface area (TPSA) is 59.4 Å². The highest BCUT2D eigenvalue weighted by atomic mass is 19.1. The third kappa shape index (κ3) is 3.78. The first-order valence-electron chi connectivity index (χ1n) is 6.74. The molecule has 116 valence electrons. The van der Waals surface area contributed by atoms with E-state index in [2.05, 4.69) is 4.98 Å². The Morgan fingerprint density at radius 3 is 2.59 bits per heavy atom. The van der Waals surface area contributed by atoms with Gasteiger partial charge in [0.2, 0.25) is 0 Å². The van der Waals surface area contributed by atoms with Crippen LogP contribution in [0.15, 0.2) is 30.5 Å². The van der Waals surface area contributed by atoms with Gasteiger partial charge in [0.1, 0.15) is 0 Å². The van der Waals surface area contributed by atoms with E-state index in [4.69, 9.17) is 9.84 Å². The molecule has 0 atom stereocenters. The van der Waals surface area contributed by atoms with Gasteiger partial charge in [0, 0.05) is 23.9 Å². The fourth-order valence-corrected chi connectivity index (χ4v) is 2.04. The van der Waals surface area contributed by atoms with Crippen molar-refractivity contribution in [2.45, 2.75) is 19.8 Å². The van der Waals surface area contributed by atoms with Crippen LogP contribution in [0.4, 0.5) is 8.78 Å². The fraction of sp³-hybridized carbons (Fsp3) is 0.250. The minimum Gasteiger partial charge on any atom is -0.488 e. The molecule has 22 heavy (non-hydrogen) atoms. The third-order valence-electron chi connectivity index (χ3n) is 3.10. The number of benzene rings is 1. The molecule has 0 saturated carbocycles. The molecule has 1 aromatic carbocycles. The molecule has 6 heteroatoms. The molecule has 0 radical (unpaired) electrons. The summed E-state index contributed by atoms with van der Waals surface area (Å²) >= 11 is 0. The second-order valence-electron chi connectivity index (χ2n) is 4.75. The lowest BCUT2D eigenvalue weighted by atomic mass is 10.0. The average molecular weight is 307 g/mol. The third-order valence-corrected chi connectivity index (χ3v) is 3.10. The first kappa shape index (κ1) is 15.9. The molecule has 1 N–H and O–H groups in total. The summed E-state index contributed by atoms with van der Waals surface area (Å²) in [4.78, 5) is 14.5. The first-order chi connectivity index (χ1) is 10.5. The number of aromatic nitrogens is 1.